The van der Waals surface area contributed by atoms with Crippen LogP contribution in [0.25, 0.3) is 5.57 Å². The fourth-order valence-corrected chi connectivity index (χ4v) is 4.06. The van der Waals surface area contributed by atoms with Gasteiger partial charge in [-0.3, -0.25) is 0 Å². The maximum absolute atomic E-state index is 4.08. The van der Waals surface area contributed by atoms with Crippen molar-refractivity contribution in [1.82, 2.24) is 0 Å². The molecule has 0 saturated heterocycles. The van der Waals surface area contributed by atoms with Crippen molar-refractivity contribution >= 4 is 28.2 Å². The smallest absolute Gasteiger partial charge is 0.0159 e. The number of allylic oxidation sites excluding steroid dienone is 9. The van der Waals surface area contributed by atoms with Crippen LogP contribution in [0, 0.1) is 3.57 Å². The van der Waals surface area contributed by atoms with Gasteiger partial charge in [0, 0.05) is 8.99 Å². The Morgan fingerprint density at radius 1 is 1.26 bits per heavy atom. The Hall–Kier alpha value is -1.35. The summed E-state index contributed by atoms with van der Waals surface area (Å²) in [4.78, 5) is 0. The average molecular weight is 414 g/mol. The Balaban J connectivity index is 1.94. The van der Waals surface area contributed by atoms with E-state index in [0.29, 0.717) is 0 Å². The van der Waals surface area contributed by atoms with Gasteiger partial charge in [0.15, 0.2) is 0 Å². The van der Waals surface area contributed by atoms with E-state index in [1.807, 2.05) is 6.08 Å². The van der Waals surface area contributed by atoms with Gasteiger partial charge in [0.25, 0.3) is 0 Å². The first-order valence-electron chi connectivity index (χ1n) is 8.23. The Morgan fingerprint density at radius 3 is 2.78 bits per heavy atom. The standard InChI is InChI=1S/C22H23I/c1-4-20-18(12-8-11-16-9-6-5-7-10-16)19-14-13-17(23)15-21(19)22(20,2)3/h4,6,8-10,12-15H,1,5,7,11H2,2-3H3/b12-8-. The molecule has 0 fully saturated rings. The molecule has 2 aliphatic carbocycles. The van der Waals surface area contributed by atoms with Gasteiger partial charge in [-0.25, -0.2) is 0 Å². The lowest BCUT2D eigenvalue weighted by Crippen LogP contribution is -2.16. The highest BCUT2D eigenvalue weighted by molar-refractivity contribution is 14.1. The summed E-state index contributed by atoms with van der Waals surface area (Å²) in [5.74, 6) is 0. The predicted octanol–water partition coefficient (Wildman–Crippen LogP) is 6.74. The topological polar surface area (TPSA) is 0 Å². The van der Waals surface area contributed by atoms with Gasteiger partial charge in [0.2, 0.25) is 0 Å². The highest BCUT2D eigenvalue weighted by Gasteiger charge is 2.35. The molecule has 0 aliphatic heterocycles. The number of fused-ring (bicyclic) bond motifs is 1. The molecule has 118 valence electrons. The molecule has 0 amide bonds. The normalized spacial score (nSPS) is 19.2. The monoisotopic (exact) mass is 414 g/mol. The molecule has 0 spiro atoms. The number of benzene rings is 1. The van der Waals surface area contributed by atoms with Crippen molar-refractivity contribution in [3.05, 3.63) is 87.1 Å². The second-order valence-corrected chi connectivity index (χ2v) is 7.96. The zero-order valence-electron chi connectivity index (χ0n) is 13.9. The van der Waals surface area contributed by atoms with Crippen LogP contribution < -0.4 is 0 Å². The minimum Gasteiger partial charge on any atom is -0.0987 e. The summed E-state index contributed by atoms with van der Waals surface area (Å²) in [7, 11) is 0. The van der Waals surface area contributed by atoms with Crippen molar-refractivity contribution in [2.24, 2.45) is 0 Å². The lowest BCUT2D eigenvalue weighted by atomic mass is 9.81. The molecule has 0 N–H and O–H groups in total. The molecule has 0 bridgehead atoms. The van der Waals surface area contributed by atoms with Crippen LogP contribution in [-0.2, 0) is 5.41 Å². The van der Waals surface area contributed by atoms with Gasteiger partial charge in [-0.15, -0.1) is 0 Å². The molecule has 1 aromatic carbocycles. The molecule has 3 rings (SSSR count). The molecule has 0 saturated carbocycles. The molecule has 0 radical (unpaired) electrons. The van der Waals surface area contributed by atoms with Gasteiger partial charge >= 0.3 is 0 Å². The van der Waals surface area contributed by atoms with E-state index < -0.39 is 0 Å². The molecule has 0 unspecified atom stereocenters. The second kappa shape index (κ2) is 6.64. The van der Waals surface area contributed by atoms with E-state index in [2.05, 4.69) is 91.6 Å². The fourth-order valence-electron chi connectivity index (χ4n) is 3.57. The van der Waals surface area contributed by atoms with Crippen LogP contribution in [0.1, 0.15) is 44.2 Å². The Labute approximate surface area is 153 Å². The maximum Gasteiger partial charge on any atom is 0.0159 e. The van der Waals surface area contributed by atoms with E-state index >= 15 is 0 Å². The van der Waals surface area contributed by atoms with Crippen LogP contribution in [0.3, 0.4) is 0 Å². The molecule has 1 aromatic rings. The summed E-state index contributed by atoms with van der Waals surface area (Å²) in [5, 5.41) is 0. The number of halogens is 1. The highest BCUT2D eigenvalue weighted by atomic mass is 127. The van der Waals surface area contributed by atoms with Crippen molar-refractivity contribution in [2.75, 3.05) is 0 Å². The van der Waals surface area contributed by atoms with Crippen molar-refractivity contribution in [1.29, 1.82) is 0 Å². The summed E-state index contributed by atoms with van der Waals surface area (Å²) in [6, 6.07) is 6.77. The van der Waals surface area contributed by atoms with Crippen LogP contribution >= 0.6 is 22.6 Å². The minimum atomic E-state index is 0.0297. The summed E-state index contributed by atoms with van der Waals surface area (Å²) in [5.41, 5.74) is 6.89. The molecular formula is C22H23I. The van der Waals surface area contributed by atoms with Crippen molar-refractivity contribution < 1.29 is 0 Å². The van der Waals surface area contributed by atoms with Crippen LogP contribution in [0.2, 0.25) is 0 Å². The van der Waals surface area contributed by atoms with E-state index in [1.165, 1.54) is 44.3 Å². The summed E-state index contributed by atoms with van der Waals surface area (Å²) in [6.07, 6.45) is 16.9. The molecular weight excluding hydrogens is 391 g/mol. The Bertz CT molecular complexity index is 754. The SMILES string of the molecule is C=CC1=C(/C=C\CC2=CCCC=C2)c2ccc(I)cc2C1(C)C. The number of rotatable bonds is 4. The van der Waals surface area contributed by atoms with Crippen LogP contribution in [-0.4, -0.2) is 0 Å². The van der Waals surface area contributed by atoms with E-state index in [4.69, 9.17) is 0 Å². The Kier molecular flexibility index (Phi) is 4.77. The Morgan fingerprint density at radius 2 is 2.09 bits per heavy atom. The lowest BCUT2D eigenvalue weighted by molar-refractivity contribution is 0.654. The van der Waals surface area contributed by atoms with Crippen LogP contribution in [0.5, 0.6) is 0 Å². The molecule has 2 aliphatic rings. The molecule has 23 heavy (non-hydrogen) atoms. The van der Waals surface area contributed by atoms with Crippen molar-refractivity contribution in [3.8, 4) is 0 Å². The summed E-state index contributed by atoms with van der Waals surface area (Å²) < 4.78 is 1.29. The predicted molar refractivity (Wildman–Crippen MR) is 110 cm³/mol. The third-order valence-corrected chi connectivity index (χ3v) is 5.49. The number of hydrogen-bond acceptors (Lipinski definition) is 0. The largest absolute Gasteiger partial charge is 0.0987 e. The molecule has 0 heterocycles. The van der Waals surface area contributed by atoms with Crippen LogP contribution in [0.4, 0.5) is 0 Å². The van der Waals surface area contributed by atoms with Gasteiger partial charge in [-0.1, -0.05) is 62.9 Å². The average Bonchev–Trinajstić information content (AvgIpc) is 2.75. The number of hydrogen-bond donors (Lipinski definition) is 0. The van der Waals surface area contributed by atoms with E-state index in [9.17, 15) is 0 Å². The first kappa shape index (κ1) is 16.5. The molecule has 1 heteroatoms. The minimum absolute atomic E-state index is 0.0297. The fraction of sp³-hybridized carbons (Fsp3) is 0.273. The zero-order valence-corrected chi connectivity index (χ0v) is 16.1. The van der Waals surface area contributed by atoms with Gasteiger partial charge < -0.3 is 0 Å². The summed E-state index contributed by atoms with van der Waals surface area (Å²) >= 11 is 2.40. The van der Waals surface area contributed by atoms with Gasteiger partial charge in [0.05, 0.1) is 0 Å². The highest BCUT2D eigenvalue weighted by Crippen LogP contribution is 2.47. The first-order valence-corrected chi connectivity index (χ1v) is 9.31. The zero-order chi connectivity index (χ0) is 16.4. The second-order valence-electron chi connectivity index (χ2n) is 6.71. The quantitative estimate of drug-likeness (QED) is 0.479. The lowest BCUT2D eigenvalue weighted by Gasteiger charge is -2.22. The maximum atomic E-state index is 4.08. The van der Waals surface area contributed by atoms with Crippen molar-refractivity contribution in [2.45, 2.75) is 38.5 Å². The van der Waals surface area contributed by atoms with Crippen LogP contribution in [0.15, 0.2) is 72.4 Å². The van der Waals surface area contributed by atoms with Gasteiger partial charge in [-0.2, -0.15) is 0 Å². The van der Waals surface area contributed by atoms with Crippen molar-refractivity contribution in [3.63, 3.8) is 0 Å². The summed E-state index contributed by atoms with van der Waals surface area (Å²) in [6.45, 7) is 8.67. The van der Waals surface area contributed by atoms with Gasteiger partial charge in [0.1, 0.15) is 0 Å². The molecule has 0 nitrogen and oxygen atoms in total. The molecule has 0 aromatic heterocycles. The molecule has 0 atom stereocenters. The van der Waals surface area contributed by atoms with E-state index in [0.717, 1.165) is 6.42 Å². The third kappa shape index (κ3) is 3.16. The van der Waals surface area contributed by atoms with E-state index in [1.54, 1.807) is 0 Å². The van der Waals surface area contributed by atoms with E-state index in [-0.39, 0.29) is 5.41 Å². The van der Waals surface area contributed by atoms with Gasteiger partial charge in [-0.05, 0) is 81.8 Å². The first-order chi connectivity index (χ1) is 11.0. The third-order valence-electron chi connectivity index (χ3n) is 4.82.